The van der Waals surface area contributed by atoms with Crippen LogP contribution in [-0.4, -0.2) is 66.6 Å². The van der Waals surface area contributed by atoms with Crippen LogP contribution in [0.15, 0.2) is 52.1 Å². The third-order valence-corrected chi connectivity index (χ3v) is 6.41. The molecule has 12 heteroatoms. The zero-order valence-corrected chi connectivity index (χ0v) is 20.7. The third kappa shape index (κ3) is 6.49. The Hall–Kier alpha value is -3.25. The molecule has 192 valence electrons. The second-order valence-electron chi connectivity index (χ2n) is 8.19. The molecule has 0 saturated carbocycles. The Morgan fingerprint density at radius 3 is 2.50 bits per heavy atom. The lowest BCUT2D eigenvalue weighted by Gasteiger charge is -2.35. The number of likely N-dealkylation sites (N-methyl/N-ethyl adjacent to an activating group) is 1. The van der Waals surface area contributed by atoms with Gasteiger partial charge in [0.1, 0.15) is 5.75 Å². The minimum Gasteiger partial charge on any atom is -0.494 e. The number of amides is 1. The van der Waals surface area contributed by atoms with Gasteiger partial charge < -0.3 is 24.3 Å². The highest BCUT2D eigenvalue weighted by atomic mass is 32.2. The highest BCUT2D eigenvalue weighted by Gasteiger charge is 2.32. The average molecular weight is 522 g/mol. The molecule has 1 aromatic heterocycles. The van der Waals surface area contributed by atoms with Crippen molar-refractivity contribution in [3.63, 3.8) is 0 Å². The first-order valence-corrected chi connectivity index (χ1v) is 12.4. The average Bonchev–Trinajstić information content (AvgIpc) is 3.33. The molecule has 1 aliphatic rings. The highest BCUT2D eigenvalue weighted by molar-refractivity contribution is 7.99. The van der Waals surface area contributed by atoms with Crippen LogP contribution in [-0.2, 0) is 11.0 Å². The van der Waals surface area contributed by atoms with E-state index in [1.54, 1.807) is 24.3 Å². The maximum Gasteiger partial charge on any atom is 0.416 e. The number of rotatable bonds is 8. The number of halogens is 3. The second kappa shape index (κ2) is 11.2. The van der Waals surface area contributed by atoms with E-state index in [-0.39, 0.29) is 22.6 Å². The summed E-state index contributed by atoms with van der Waals surface area (Å²) in [4.78, 5) is 16.8. The summed E-state index contributed by atoms with van der Waals surface area (Å²) in [5, 5.41) is 10.8. The maximum atomic E-state index is 13.3. The fraction of sp³-hybridized carbons (Fsp3) is 0.375. The molecule has 0 spiro atoms. The zero-order chi connectivity index (χ0) is 25.7. The SMILES string of the molecule is CCOc1ccc(-c2nnc(SCC(=O)Nc3cc(C(F)(F)F)ccc3N3CCN(C)CC3)o2)cc1. The van der Waals surface area contributed by atoms with E-state index < -0.39 is 17.6 Å². The number of hydrogen-bond acceptors (Lipinski definition) is 8. The number of nitrogens with zero attached hydrogens (tertiary/aromatic N) is 4. The van der Waals surface area contributed by atoms with E-state index >= 15 is 0 Å². The minimum absolute atomic E-state index is 0.108. The molecule has 1 fully saturated rings. The molecule has 3 aromatic rings. The first-order valence-electron chi connectivity index (χ1n) is 11.4. The van der Waals surface area contributed by atoms with E-state index in [9.17, 15) is 18.0 Å². The van der Waals surface area contributed by atoms with Crippen LogP contribution in [0.1, 0.15) is 12.5 Å². The molecule has 1 aliphatic heterocycles. The first kappa shape index (κ1) is 25.8. The first-order chi connectivity index (χ1) is 17.2. The number of carbonyl (C=O) groups excluding carboxylic acids is 1. The van der Waals surface area contributed by atoms with Crippen molar-refractivity contribution in [1.29, 1.82) is 0 Å². The summed E-state index contributed by atoms with van der Waals surface area (Å²) in [6, 6.07) is 10.6. The van der Waals surface area contributed by atoms with E-state index in [2.05, 4.69) is 20.4 Å². The molecule has 1 saturated heterocycles. The van der Waals surface area contributed by atoms with Crippen molar-refractivity contribution in [2.75, 3.05) is 55.8 Å². The Morgan fingerprint density at radius 1 is 1.11 bits per heavy atom. The summed E-state index contributed by atoms with van der Waals surface area (Å²) >= 11 is 1.01. The lowest BCUT2D eigenvalue weighted by Crippen LogP contribution is -2.44. The molecule has 0 atom stereocenters. The van der Waals surface area contributed by atoms with Crippen LogP contribution in [0.5, 0.6) is 5.75 Å². The quantitative estimate of drug-likeness (QED) is 0.430. The molecule has 0 radical (unpaired) electrons. The number of alkyl halides is 3. The molecule has 36 heavy (non-hydrogen) atoms. The van der Waals surface area contributed by atoms with Gasteiger partial charge in [0.15, 0.2) is 0 Å². The molecule has 0 aliphatic carbocycles. The van der Waals surface area contributed by atoms with E-state index in [0.29, 0.717) is 30.9 Å². The number of benzene rings is 2. The van der Waals surface area contributed by atoms with Crippen molar-refractivity contribution < 1.29 is 27.1 Å². The largest absolute Gasteiger partial charge is 0.494 e. The van der Waals surface area contributed by atoms with E-state index in [1.165, 1.54) is 6.07 Å². The third-order valence-electron chi connectivity index (χ3n) is 5.59. The number of ether oxygens (including phenoxy) is 1. The number of hydrogen-bond donors (Lipinski definition) is 1. The van der Waals surface area contributed by atoms with Gasteiger partial charge in [0.05, 0.1) is 29.3 Å². The standard InChI is InChI=1S/C24H26F3N5O3S/c1-3-34-18-7-4-16(5-8-18)22-29-30-23(35-22)36-15-21(33)28-19-14-17(24(25,26)27)6-9-20(19)32-12-10-31(2)11-13-32/h4-9,14H,3,10-13,15H2,1-2H3,(H,28,33). The molecule has 0 unspecified atom stereocenters. The van der Waals surface area contributed by atoms with Crippen LogP contribution in [0.3, 0.4) is 0 Å². The predicted molar refractivity (Wildman–Crippen MR) is 131 cm³/mol. The molecule has 0 bridgehead atoms. The van der Waals surface area contributed by atoms with Crippen molar-refractivity contribution in [3.05, 3.63) is 48.0 Å². The number of aromatic nitrogens is 2. The van der Waals surface area contributed by atoms with Gasteiger partial charge in [-0.2, -0.15) is 13.2 Å². The summed E-state index contributed by atoms with van der Waals surface area (Å²) in [5.41, 5.74) is 0.564. The smallest absolute Gasteiger partial charge is 0.416 e. The topological polar surface area (TPSA) is 83.7 Å². The summed E-state index contributed by atoms with van der Waals surface area (Å²) in [7, 11) is 1.99. The molecule has 8 nitrogen and oxygen atoms in total. The van der Waals surface area contributed by atoms with Gasteiger partial charge in [-0.1, -0.05) is 11.8 Å². The molecular formula is C24H26F3N5O3S. The molecule has 1 amide bonds. The van der Waals surface area contributed by atoms with Crippen LogP contribution in [0.25, 0.3) is 11.5 Å². The maximum absolute atomic E-state index is 13.3. The summed E-state index contributed by atoms with van der Waals surface area (Å²) < 4.78 is 51.0. The number of nitrogens with one attached hydrogen (secondary N) is 1. The van der Waals surface area contributed by atoms with Crippen molar-refractivity contribution in [1.82, 2.24) is 15.1 Å². The van der Waals surface area contributed by atoms with E-state index in [0.717, 1.165) is 42.7 Å². The fourth-order valence-corrected chi connectivity index (χ4v) is 4.26. The monoisotopic (exact) mass is 521 g/mol. The van der Waals surface area contributed by atoms with Crippen molar-refractivity contribution in [2.24, 2.45) is 0 Å². The van der Waals surface area contributed by atoms with Gasteiger partial charge in [0.25, 0.3) is 5.22 Å². The zero-order valence-electron chi connectivity index (χ0n) is 19.8. The van der Waals surface area contributed by atoms with Gasteiger partial charge >= 0.3 is 6.18 Å². The molecule has 2 heterocycles. The Bertz CT molecular complexity index is 1180. The minimum atomic E-state index is -4.52. The van der Waals surface area contributed by atoms with Gasteiger partial charge in [0, 0.05) is 31.7 Å². The summed E-state index contributed by atoms with van der Waals surface area (Å²) in [5.74, 6) is 0.424. The Labute approximate surface area is 210 Å². The highest BCUT2D eigenvalue weighted by Crippen LogP contribution is 2.36. The van der Waals surface area contributed by atoms with Crippen LogP contribution in [0.4, 0.5) is 24.5 Å². The Kier molecular flexibility index (Phi) is 8.04. The molecule has 1 N–H and O–H groups in total. The number of thioether (sulfide) groups is 1. The van der Waals surface area contributed by atoms with Crippen LogP contribution in [0, 0.1) is 0 Å². The van der Waals surface area contributed by atoms with Crippen molar-refractivity contribution in [3.8, 4) is 17.2 Å². The van der Waals surface area contributed by atoms with Gasteiger partial charge in [-0.25, -0.2) is 0 Å². The number of anilines is 2. The molecular weight excluding hydrogens is 495 g/mol. The Balaban J connectivity index is 1.42. The van der Waals surface area contributed by atoms with Crippen LogP contribution < -0.4 is 15.0 Å². The van der Waals surface area contributed by atoms with Gasteiger partial charge in [-0.15, -0.1) is 10.2 Å². The van der Waals surface area contributed by atoms with E-state index in [4.69, 9.17) is 9.15 Å². The predicted octanol–water partition coefficient (Wildman–Crippen LogP) is 4.64. The van der Waals surface area contributed by atoms with Gasteiger partial charge in [0.2, 0.25) is 11.8 Å². The van der Waals surface area contributed by atoms with Gasteiger partial charge in [-0.05, 0) is 56.4 Å². The van der Waals surface area contributed by atoms with E-state index in [1.807, 2.05) is 18.9 Å². The van der Waals surface area contributed by atoms with Crippen molar-refractivity contribution >= 4 is 29.0 Å². The Morgan fingerprint density at radius 2 is 1.83 bits per heavy atom. The molecule has 4 rings (SSSR count). The summed E-state index contributed by atoms with van der Waals surface area (Å²) in [6.45, 7) is 5.30. The molecule has 2 aromatic carbocycles. The van der Waals surface area contributed by atoms with Crippen LogP contribution >= 0.6 is 11.8 Å². The van der Waals surface area contributed by atoms with Gasteiger partial charge in [-0.3, -0.25) is 4.79 Å². The second-order valence-corrected chi connectivity index (χ2v) is 9.11. The fourth-order valence-electron chi connectivity index (χ4n) is 3.69. The van der Waals surface area contributed by atoms with Crippen molar-refractivity contribution in [2.45, 2.75) is 18.3 Å². The lowest BCUT2D eigenvalue weighted by atomic mass is 10.1. The normalized spacial score (nSPS) is 14.6. The number of piperazine rings is 1. The lowest BCUT2D eigenvalue weighted by molar-refractivity contribution is -0.137. The van der Waals surface area contributed by atoms with Crippen LogP contribution in [0.2, 0.25) is 0 Å². The number of carbonyl (C=O) groups is 1. The summed E-state index contributed by atoms with van der Waals surface area (Å²) in [6.07, 6.45) is -4.52.